The lowest BCUT2D eigenvalue weighted by Gasteiger charge is -2.34. The van der Waals surface area contributed by atoms with Gasteiger partial charge in [0.15, 0.2) is 16.6 Å². The van der Waals surface area contributed by atoms with Crippen LogP contribution in [-0.4, -0.2) is 47.5 Å². The van der Waals surface area contributed by atoms with E-state index < -0.39 is 16.6 Å². The van der Waals surface area contributed by atoms with Crippen molar-refractivity contribution < 1.29 is 23.5 Å². The highest BCUT2D eigenvalue weighted by molar-refractivity contribution is 6.84. The van der Waals surface area contributed by atoms with Crippen LogP contribution in [-0.2, 0) is 18.4 Å². The maximum Gasteiger partial charge on any atom is 0.306 e. The average Bonchev–Trinajstić information content (AvgIpc) is 2.49. The zero-order valence-corrected chi connectivity index (χ0v) is 18.9. The Morgan fingerprint density at radius 1 is 0.960 bits per heavy atom. The summed E-state index contributed by atoms with van der Waals surface area (Å²) in [5, 5.41) is 8.92. The second-order valence-electron chi connectivity index (χ2n) is 7.73. The maximum atomic E-state index is 11.3. The van der Waals surface area contributed by atoms with Gasteiger partial charge in [0.1, 0.15) is 6.61 Å². The molecule has 0 heterocycles. The van der Waals surface area contributed by atoms with Crippen LogP contribution in [0, 0.1) is 0 Å². The van der Waals surface area contributed by atoms with Crippen LogP contribution in [0.2, 0.25) is 38.3 Å². The van der Waals surface area contributed by atoms with Gasteiger partial charge in [-0.3, -0.25) is 4.79 Å². The van der Waals surface area contributed by atoms with Crippen LogP contribution >= 0.6 is 0 Å². The lowest BCUT2D eigenvalue weighted by molar-refractivity contribution is -0.145. The van der Waals surface area contributed by atoms with Crippen LogP contribution < -0.4 is 0 Å². The highest BCUT2D eigenvalue weighted by Crippen LogP contribution is 2.24. The molecule has 0 saturated carbocycles. The molecule has 0 aliphatic heterocycles. The smallest absolute Gasteiger partial charge is 0.306 e. The minimum atomic E-state index is -1.63. The minimum Gasteiger partial charge on any atom is -0.513 e. The lowest BCUT2D eigenvalue weighted by Crippen LogP contribution is -2.44. The van der Waals surface area contributed by atoms with Crippen LogP contribution in [0.5, 0.6) is 0 Å². The van der Waals surface area contributed by atoms with Crippen LogP contribution in [0.1, 0.15) is 39.0 Å². The number of hydrogen-bond donors (Lipinski definition) is 1. The molecule has 148 valence electrons. The first-order valence-electron chi connectivity index (χ1n) is 9.38. The van der Waals surface area contributed by atoms with E-state index in [0.717, 1.165) is 12.5 Å². The number of ether oxygens (including phenoxy) is 2. The summed E-state index contributed by atoms with van der Waals surface area (Å²) >= 11 is 0. The van der Waals surface area contributed by atoms with Crippen molar-refractivity contribution in [3.63, 3.8) is 0 Å². The van der Waals surface area contributed by atoms with Crippen LogP contribution in [0.15, 0.2) is 12.3 Å². The second kappa shape index (κ2) is 12.7. The number of carbonyl (C=O) groups is 1. The molecule has 1 N–H and O–H groups in total. The van der Waals surface area contributed by atoms with Crippen LogP contribution in [0.25, 0.3) is 0 Å². The Balaban J connectivity index is 3.75. The molecule has 0 aromatic rings. The Hall–Kier alpha value is -0.636. The van der Waals surface area contributed by atoms with Crippen molar-refractivity contribution >= 4 is 22.6 Å². The van der Waals surface area contributed by atoms with E-state index in [2.05, 4.69) is 39.7 Å². The standard InChI is InChI=1S/C18H38O5Si2/c1-7-8-15-24(3,4)23-25(5,6)16-9-12-21-13-14-22-18(20)11-10-17(2)19/h19H,2,7-16H2,1,3-6H3. The molecule has 0 radical (unpaired) electrons. The van der Waals surface area contributed by atoms with Gasteiger partial charge in [-0.25, -0.2) is 0 Å². The van der Waals surface area contributed by atoms with Crippen molar-refractivity contribution in [3.8, 4) is 0 Å². The second-order valence-corrected chi connectivity index (χ2v) is 16.6. The molecular weight excluding hydrogens is 352 g/mol. The molecule has 0 aromatic carbocycles. The van der Waals surface area contributed by atoms with Crippen molar-refractivity contribution in [2.45, 2.75) is 77.3 Å². The molecule has 0 spiro atoms. The van der Waals surface area contributed by atoms with Gasteiger partial charge < -0.3 is 18.7 Å². The van der Waals surface area contributed by atoms with Gasteiger partial charge in [-0.1, -0.05) is 26.3 Å². The quantitative estimate of drug-likeness (QED) is 0.184. The molecule has 0 aliphatic carbocycles. The predicted molar refractivity (Wildman–Crippen MR) is 108 cm³/mol. The predicted octanol–water partition coefficient (Wildman–Crippen LogP) is 5.02. The number of rotatable bonds is 15. The normalized spacial score (nSPS) is 12.2. The molecule has 5 nitrogen and oxygen atoms in total. The molecule has 0 saturated heterocycles. The summed E-state index contributed by atoms with van der Waals surface area (Å²) in [5.41, 5.74) is 0. The Morgan fingerprint density at radius 2 is 1.56 bits per heavy atom. The van der Waals surface area contributed by atoms with E-state index >= 15 is 0 Å². The first-order chi connectivity index (χ1) is 11.6. The third kappa shape index (κ3) is 15.3. The van der Waals surface area contributed by atoms with E-state index in [-0.39, 0.29) is 31.2 Å². The first-order valence-corrected chi connectivity index (χ1v) is 15.6. The molecular formula is C18H38O5Si2. The fourth-order valence-corrected chi connectivity index (χ4v) is 11.7. The van der Waals surface area contributed by atoms with Crippen molar-refractivity contribution in [1.29, 1.82) is 0 Å². The van der Waals surface area contributed by atoms with Crippen LogP contribution in [0.3, 0.4) is 0 Å². The van der Waals surface area contributed by atoms with Gasteiger partial charge in [-0.15, -0.1) is 0 Å². The summed E-state index contributed by atoms with van der Waals surface area (Å²) in [6, 6.07) is 2.33. The SMILES string of the molecule is C=C(O)CCC(=O)OCCOCCC[Si](C)(C)O[Si](C)(C)CCCC. The Morgan fingerprint density at radius 3 is 2.12 bits per heavy atom. The van der Waals surface area contributed by atoms with E-state index in [9.17, 15) is 4.79 Å². The highest BCUT2D eigenvalue weighted by atomic mass is 28.4. The number of hydrogen-bond acceptors (Lipinski definition) is 5. The lowest BCUT2D eigenvalue weighted by atomic mass is 10.3. The molecule has 0 bridgehead atoms. The Labute approximate surface area is 156 Å². The molecule has 0 unspecified atom stereocenters. The summed E-state index contributed by atoms with van der Waals surface area (Å²) in [5.74, 6) is -0.330. The molecule has 0 atom stereocenters. The van der Waals surface area contributed by atoms with E-state index in [1.165, 1.54) is 18.9 Å². The fourth-order valence-electron chi connectivity index (χ4n) is 2.69. The van der Waals surface area contributed by atoms with Gasteiger partial charge in [0.2, 0.25) is 0 Å². The average molecular weight is 391 g/mol. The van der Waals surface area contributed by atoms with Gasteiger partial charge >= 0.3 is 5.97 Å². The van der Waals surface area contributed by atoms with Gasteiger partial charge in [0.25, 0.3) is 0 Å². The summed E-state index contributed by atoms with van der Waals surface area (Å²) in [4.78, 5) is 11.3. The zero-order chi connectivity index (χ0) is 19.3. The number of allylic oxidation sites excluding steroid dienone is 1. The van der Waals surface area contributed by atoms with Gasteiger partial charge in [-0.2, -0.15) is 0 Å². The summed E-state index contributed by atoms with van der Waals surface area (Å²) in [7, 11) is -3.16. The molecule has 7 heteroatoms. The fraction of sp³-hybridized carbons (Fsp3) is 0.833. The largest absolute Gasteiger partial charge is 0.513 e. The molecule has 0 aromatic heterocycles. The third-order valence-corrected chi connectivity index (χ3v) is 11.4. The van der Waals surface area contributed by atoms with E-state index in [1.54, 1.807) is 0 Å². The van der Waals surface area contributed by atoms with Crippen molar-refractivity contribution in [1.82, 2.24) is 0 Å². The highest BCUT2D eigenvalue weighted by Gasteiger charge is 2.31. The van der Waals surface area contributed by atoms with E-state index in [1.807, 2.05) is 0 Å². The van der Waals surface area contributed by atoms with E-state index in [0.29, 0.717) is 13.2 Å². The summed E-state index contributed by atoms with van der Waals surface area (Å²) < 4.78 is 17.1. The van der Waals surface area contributed by atoms with Crippen LogP contribution in [0.4, 0.5) is 0 Å². The van der Waals surface area contributed by atoms with Crippen molar-refractivity contribution in [2.75, 3.05) is 19.8 Å². The van der Waals surface area contributed by atoms with Gasteiger partial charge in [-0.05, 0) is 44.7 Å². The van der Waals surface area contributed by atoms with E-state index in [4.69, 9.17) is 18.7 Å². The topological polar surface area (TPSA) is 65.0 Å². The molecule has 0 amide bonds. The Bertz CT molecular complexity index is 397. The van der Waals surface area contributed by atoms with Crippen molar-refractivity contribution in [3.05, 3.63) is 12.3 Å². The molecule has 0 aliphatic rings. The molecule has 25 heavy (non-hydrogen) atoms. The zero-order valence-electron chi connectivity index (χ0n) is 16.9. The molecule has 0 fully saturated rings. The third-order valence-electron chi connectivity index (χ3n) is 3.86. The number of esters is 1. The van der Waals surface area contributed by atoms with Gasteiger partial charge in [0, 0.05) is 13.0 Å². The minimum absolute atomic E-state index is 0.00290. The summed E-state index contributed by atoms with van der Waals surface area (Å²) in [6.07, 6.45) is 3.88. The number of aliphatic hydroxyl groups excluding tert-OH is 1. The number of unbranched alkanes of at least 4 members (excludes halogenated alkanes) is 1. The molecule has 0 rings (SSSR count). The van der Waals surface area contributed by atoms with Crippen molar-refractivity contribution in [2.24, 2.45) is 0 Å². The maximum absolute atomic E-state index is 11.3. The monoisotopic (exact) mass is 390 g/mol. The summed E-state index contributed by atoms with van der Waals surface area (Å²) in [6.45, 7) is 16.1. The Kier molecular flexibility index (Phi) is 12.4. The number of carbonyl (C=O) groups excluding carboxylic acids is 1. The van der Waals surface area contributed by atoms with Gasteiger partial charge in [0.05, 0.1) is 18.8 Å². The first kappa shape index (κ1) is 24.4. The number of aliphatic hydroxyl groups is 1.